The molecule has 0 amide bonds. The number of carbonyl (C=O) groups is 1. The van der Waals surface area contributed by atoms with Crippen LogP contribution in [0.2, 0.25) is 0 Å². The van der Waals surface area contributed by atoms with Gasteiger partial charge in [-0.2, -0.15) is 0 Å². The molecule has 21 heavy (non-hydrogen) atoms. The Morgan fingerprint density at radius 1 is 0.857 bits per heavy atom. The van der Waals surface area contributed by atoms with Crippen molar-refractivity contribution in [2.45, 2.75) is 103 Å². The summed E-state index contributed by atoms with van der Waals surface area (Å²) in [6, 6.07) is 0. The molecule has 3 heteroatoms. The predicted molar refractivity (Wildman–Crippen MR) is 87.2 cm³/mol. The smallest absolute Gasteiger partial charge is 0.302 e. The third kappa shape index (κ3) is 17.3. The maximum Gasteiger partial charge on any atom is 0.302 e. The Labute approximate surface area is 130 Å². The minimum Gasteiger partial charge on any atom is -0.463 e. The number of esters is 1. The molecule has 0 saturated heterocycles. The molecule has 0 spiro atoms. The van der Waals surface area contributed by atoms with Crippen LogP contribution in [0.5, 0.6) is 0 Å². The van der Waals surface area contributed by atoms with Crippen molar-refractivity contribution in [3.63, 3.8) is 0 Å². The van der Waals surface area contributed by atoms with Crippen LogP contribution in [0, 0.1) is 0 Å². The fourth-order valence-corrected chi connectivity index (χ4v) is 2.50. The minimum atomic E-state index is -0.989. The van der Waals surface area contributed by atoms with E-state index < -0.39 is 12.1 Å². The van der Waals surface area contributed by atoms with Gasteiger partial charge in [-0.1, -0.05) is 84.0 Å². The zero-order valence-corrected chi connectivity index (χ0v) is 14.2. The van der Waals surface area contributed by atoms with E-state index >= 15 is 0 Å². The van der Waals surface area contributed by atoms with E-state index in [1.165, 1.54) is 71.1 Å². The first-order valence-electron chi connectivity index (χ1n) is 8.94. The molecule has 1 atom stereocenters. The quantitative estimate of drug-likeness (QED) is 0.275. The summed E-state index contributed by atoms with van der Waals surface area (Å²) >= 11 is 0. The molecule has 0 aromatic carbocycles. The largest absolute Gasteiger partial charge is 0.463 e. The molecule has 0 heterocycles. The molecule has 0 aliphatic heterocycles. The van der Waals surface area contributed by atoms with E-state index in [0.717, 1.165) is 12.8 Å². The fourth-order valence-electron chi connectivity index (χ4n) is 2.50. The van der Waals surface area contributed by atoms with Crippen LogP contribution < -0.4 is 0 Å². The summed E-state index contributed by atoms with van der Waals surface area (Å²) in [6.07, 6.45) is 14.9. The van der Waals surface area contributed by atoms with Crippen molar-refractivity contribution in [2.75, 3.05) is 6.61 Å². The van der Waals surface area contributed by atoms with E-state index in [0.29, 0.717) is 6.42 Å². The molecular formula is C18H35FO2. The van der Waals surface area contributed by atoms with Crippen LogP contribution in [0.15, 0.2) is 0 Å². The van der Waals surface area contributed by atoms with E-state index in [1.54, 1.807) is 0 Å². The Kier molecular flexibility index (Phi) is 15.3. The molecular weight excluding hydrogens is 267 g/mol. The summed E-state index contributed by atoms with van der Waals surface area (Å²) in [5.41, 5.74) is 0. The molecule has 0 N–H and O–H groups in total. The Morgan fingerprint density at radius 2 is 1.29 bits per heavy atom. The number of hydrogen-bond donors (Lipinski definition) is 0. The zero-order valence-electron chi connectivity index (χ0n) is 14.2. The summed E-state index contributed by atoms with van der Waals surface area (Å²) < 4.78 is 17.9. The molecule has 1 unspecified atom stereocenters. The standard InChI is InChI=1S/C18H35FO2/c1-3-4-5-6-7-8-9-10-11-12-13-14-15-18(19)16-21-17(2)20/h18H,3-16H2,1-2H3. The van der Waals surface area contributed by atoms with E-state index in [2.05, 4.69) is 11.7 Å². The maximum atomic E-state index is 13.3. The number of alkyl halides is 1. The van der Waals surface area contributed by atoms with Gasteiger partial charge < -0.3 is 4.74 Å². The molecule has 0 bridgehead atoms. The lowest BCUT2D eigenvalue weighted by Crippen LogP contribution is -2.12. The lowest BCUT2D eigenvalue weighted by atomic mass is 10.0. The Balaban J connectivity index is 3.10. The first-order valence-corrected chi connectivity index (χ1v) is 8.94. The molecule has 0 aromatic heterocycles. The van der Waals surface area contributed by atoms with Crippen molar-refractivity contribution in [1.82, 2.24) is 0 Å². The monoisotopic (exact) mass is 302 g/mol. The van der Waals surface area contributed by atoms with E-state index in [1.807, 2.05) is 0 Å². The normalized spacial score (nSPS) is 12.3. The molecule has 0 radical (unpaired) electrons. The van der Waals surface area contributed by atoms with Crippen molar-refractivity contribution in [1.29, 1.82) is 0 Å². The summed E-state index contributed by atoms with van der Waals surface area (Å²) in [7, 11) is 0. The Hall–Kier alpha value is -0.600. The van der Waals surface area contributed by atoms with Gasteiger partial charge in [0, 0.05) is 6.92 Å². The third-order valence-electron chi connectivity index (χ3n) is 3.84. The van der Waals surface area contributed by atoms with Crippen LogP contribution in [0.4, 0.5) is 4.39 Å². The van der Waals surface area contributed by atoms with Gasteiger partial charge in [-0.15, -0.1) is 0 Å². The van der Waals surface area contributed by atoms with Gasteiger partial charge in [0.25, 0.3) is 0 Å². The van der Waals surface area contributed by atoms with Gasteiger partial charge in [-0.05, 0) is 6.42 Å². The number of rotatable bonds is 15. The van der Waals surface area contributed by atoms with Crippen LogP contribution in [0.25, 0.3) is 0 Å². The highest BCUT2D eigenvalue weighted by atomic mass is 19.1. The second-order valence-corrected chi connectivity index (χ2v) is 6.08. The molecule has 0 aliphatic carbocycles. The number of carbonyl (C=O) groups excluding carboxylic acids is 1. The topological polar surface area (TPSA) is 26.3 Å². The first-order chi connectivity index (χ1) is 10.2. The summed E-state index contributed by atoms with van der Waals surface area (Å²) in [4.78, 5) is 10.5. The summed E-state index contributed by atoms with van der Waals surface area (Å²) in [6.45, 7) is 3.49. The van der Waals surface area contributed by atoms with Gasteiger partial charge in [-0.25, -0.2) is 4.39 Å². The number of ether oxygens (including phenoxy) is 1. The second-order valence-electron chi connectivity index (χ2n) is 6.08. The number of unbranched alkanes of at least 4 members (excludes halogenated alkanes) is 11. The van der Waals surface area contributed by atoms with Crippen LogP contribution in [-0.4, -0.2) is 18.7 Å². The SMILES string of the molecule is CCCCCCCCCCCCCCC(F)COC(C)=O. The van der Waals surface area contributed by atoms with Gasteiger partial charge in [0.05, 0.1) is 0 Å². The second kappa shape index (κ2) is 15.8. The average Bonchev–Trinajstić information content (AvgIpc) is 2.46. The van der Waals surface area contributed by atoms with Crippen LogP contribution in [0.1, 0.15) is 97.3 Å². The summed E-state index contributed by atoms with van der Waals surface area (Å²) in [5, 5.41) is 0. The first kappa shape index (κ1) is 20.4. The van der Waals surface area contributed by atoms with Crippen LogP contribution >= 0.6 is 0 Å². The van der Waals surface area contributed by atoms with Crippen molar-refractivity contribution >= 4 is 5.97 Å². The Morgan fingerprint density at radius 3 is 1.71 bits per heavy atom. The highest BCUT2D eigenvalue weighted by Crippen LogP contribution is 2.13. The van der Waals surface area contributed by atoms with Crippen LogP contribution in [0.3, 0.4) is 0 Å². The lowest BCUT2D eigenvalue weighted by molar-refractivity contribution is -0.142. The van der Waals surface area contributed by atoms with Crippen molar-refractivity contribution in [2.24, 2.45) is 0 Å². The molecule has 0 fully saturated rings. The minimum absolute atomic E-state index is 0.0760. The lowest BCUT2D eigenvalue weighted by Gasteiger charge is -2.08. The van der Waals surface area contributed by atoms with E-state index in [9.17, 15) is 9.18 Å². The average molecular weight is 302 g/mol. The summed E-state index contributed by atoms with van der Waals surface area (Å²) in [5.74, 6) is -0.396. The highest BCUT2D eigenvalue weighted by Gasteiger charge is 2.07. The molecule has 2 nitrogen and oxygen atoms in total. The van der Waals surface area contributed by atoms with E-state index in [4.69, 9.17) is 0 Å². The fraction of sp³-hybridized carbons (Fsp3) is 0.944. The van der Waals surface area contributed by atoms with Crippen LogP contribution in [-0.2, 0) is 9.53 Å². The van der Waals surface area contributed by atoms with Gasteiger partial charge in [0.2, 0.25) is 0 Å². The van der Waals surface area contributed by atoms with Crippen molar-refractivity contribution in [3.8, 4) is 0 Å². The highest BCUT2D eigenvalue weighted by molar-refractivity contribution is 5.65. The number of halogens is 1. The van der Waals surface area contributed by atoms with Gasteiger partial charge in [0.15, 0.2) is 0 Å². The molecule has 0 aliphatic rings. The molecule has 0 rings (SSSR count). The molecule has 126 valence electrons. The maximum absolute atomic E-state index is 13.3. The van der Waals surface area contributed by atoms with Gasteiger partial charge in [0.1, 0.15) is 12.8 Å². The molecule has 0 saturated carbocycles. The van der Waals surface area contributed by atoms with E-state index in [-0.39, 0.29) is 6.61 Å². The third-order valence-corrected chi connectivity index (χ3v) is 3.84. The predicted octanol–water partition coefficient (Wildman–Crippen LogP) is 5.98. The van der Waals surface area contributed by atoms with Gasteiger partial charge in [-0.3, -0.25) is 4.79 Å². The van der Waals surface area contributed by atoms with Crippen molar-refractivity contribution < 1.29 is 13.9 Å². The zero-order chi connectivity index (χ0) is 15.8. The number of hydrogen-bond acceptors (Lipinski definition) is 2. The molecule has 0 aromatic rings. The van der Waals surface area contributed by atoms with Gasteiger partial charge >= 0.3 is 5.97 Å². The Bertz CT molecular complexity index is 231. The van der Waals surface area contributed by atoms with Crippen molar-refractivity contribution in [3.05, 3.63) is 0 Å².